The van der Waals surface area contributed by atoms with Crippen molar-refractivity contribution in [2.45, 2.75) is 6.42 Å². The lowest BCUT2D eigenvalue weighted by Crippen LogP contribution is -2.29. The normalized spacial score (nSPS) is 10.2. The predicted octanol–water partition coefficient (Wildman–Crippen LogP) is 1.99. The molecule has 0 saturated heterocycles. The smallest absolute Gasteiger partial charge is 0.251 e. The van der Waals surface area contributed by atoms with Crippen LogP contribution < -0.4 is 25.0 Å². The highest BCUT2D eigenvalue weighted by Gasteiger charge is 2.07. The molecule has 0 aliphatic heterocycles. The molecule has 0 spiro atoms. The van der Waals surface area contributed by atoms with Crippen molar-refractivity contribution in [3.8, 4) is 29.6 Å². The lowest BCUT2D eigenvalue weighted by Gasteiger charge is -2.09. The summed E-state index contributed by atoms with van der Waals surface area (Å²) in [7, 11) is 3.07. The van der Waals surface area contributed by atoms with Crippen LogP contribution in [0, 0.1) is 12.3 Å². The Morgan fingerprint density at radius 1 is 1.10 bits per heavy atom. The summed E-state index contributed by atoms with van der Waals surface area (Å²) < 4.78 is 15.7. The Bertz CT molecular complexity index is 933. The Hall–Kier alpha value is -3.99. The number of hydrazone groups is 1. The van der Waals surface area contributed by atoms with E-state index in [1.165, 1.54) is 13.3 Å². The number of carbonyl (C=O) groups is 2. The number of nitrogens with zero attached hydrogens (tertiary/aromatic N) is 1. The fourth-order valence-electron chi connectivity index (χ4n) is 2.37. The Morgan fingerprint density at radius 2 is 1.87 bits per heavy atom. The molecule has 0 radical (unpaired) electrons. The van der Waals surface area contributed by atoms with Crippen LogP contribution in [0.2, 0.25) is 0 Å². The summed E-state index contributed by atoms with van der Waals surface area (Å²) in [6.07, 6.45) is 6.74. The van der Waals surface area contributed by atoms with Gasteiger partial charge in [0, 0.05) is 18.5 Å². The molecule has 2 rings (SSSR count). The second-order valence-electron chi connectivity index (χ2n) is 5.93. The number of hydrogen-bond donors (Lipinski definition) is 2. The molecule has 0 fully saturated rings. The van der Waals surface area contributed by atoms with Gasteiger partial charge in [0.05, 0.1) is 20.4 Å². The molecular formula is C22H23N3O5. The first-order valence-corrected chi connectivity index (χ1v) is 9.06. The van der Waals surface area contributed by atoms with E-state index in [0.29, 0.717) is 28.4 Å². The molecule has 0 aliphatic carbocycles. The Labute approximate surface area is 175 Å². The van der Waals surface area contributed by atoms with Gasteiger partial charge >= 0.3 is 0 Å². The van der Waals surface area contributed by atoms with Crippen LogP contribution in [-0.2, 0) is 4.79 Å². The maximum Gasteiger partial charge on any atom is 0.251 e. The highest BCUT2D eigenvalue weighted by Crippen LogP contribution is 2.27. The molecule has 30 heavy (non-hydrogen) atoms. The fourth-order valence-corrected chi connectivity index (χ4v) is 2.37. The van der Waals surface area contributed by atoms with Gasteiger partial charge in [0.15, 0.2) is 11.5 Å². The van der Waals surface area contributed by atoms with Crippen LogP contribution in [0.1, 0.15) is 22.3 Å². The van der Waals surface area contributed by atoms with E-state index in [4.69, 9.17) is 20.6 Å². The minimum Gasteiger partial charge on any atom is -0.497 e. The van der Waals surface area contributed by atoms with Gasteiger partial charge in [-0.1, -0.05) is 5.92 Å². The van der Waals surface area contributed by atoms with E-state index >= 15 is 0 Å². The lowest BCUT2D eigenvalue weighted by atomic mass is 10.2. The van der Waals surface area contributed by atoms with E-state index in [1.54, 1.807) is 49.6 Å². The van der Waals surface area contributed by atoms with Crippen molar-refractivity contribution in [2.75, 3.05) is 27.4 Å². The third kappa shape index (κ3) is 6.87. The van der Waals surface area contributed by atoms with Crippen LogP contribution in [0.15, 0.2) is 47.6 Å². The van der Waals surface area contributed by atoms with Crippen LogP contribution in [0.3, 0.4) is 0 Å². The quantitative estimate of drug-likeness (QED) is 0.355. The number of hydrogen-bond acceptors (Lipinski definition) is 6. The summed E-state index contributed by atoms with van der Waals surface area (Å²) in [5.41, 5.74) is 3.60. The zero-order valence-electron chi connectivity index (χ0n) is 16.8. The number of ether oxygens (including phenoxy) is 3. The largest absolute Gasteiger partial charge is 0.497 e. The molecule has 8 nitrogen and oxygen atoms in total. The van der Waals surface area contributed by atoms with Gasteiger partial charge in [0.1, 0.15) is 12.4 Å². The molecule has 8 heteroatoms. The Morgan fingerprint density at radius 3 is 2.53 bits per heavy atom. The maximum atomic E-state index is 12.0. The van der Waals surface area contributed by atoms with Crippen LogP contribution >= 0.6 is 0 Å². The minimum atomic E-state index is -0.331. The van der Waals surface area contributed by atoms with Crippen LogP contribution in [-0.4, -0.2) is 45.4 Å². The van der Waals surface area contributed by atoms with Crippen molar-refractivity contribution >= 4 is 18.0 Å². The van der Waals surface area contributed by atoms with E-state index < -0.39 is 0 Å². The molecule has 2 amide bonds. The molecule has 0 saturated carbocycles. The number of nitrogens with one attached hydrogen (secondary N) is 2. The predicted molar refractivity (Wildman–Crippen MR) is 113 cm³/mol. The molecule has 156 valence electrons. The molecule has 0 heterocycles. The molecule has 2 aromatic carbocycles. The summed E-state index contributed by atoms with van der Waals surface area (Å²) in [5.74, 6) is 3.46. The van der Waals surface area contributed by atoms with E-state index in [9.17, 15) is 9.59 Å². The van der Waals surface area contributed by atoms with Gasteiger partial charge in [0.2, 0.25) is 5.91 Å². The van der Waals surface area contributed by atoms with Crippen molar-refractivity contribution in [2.24, 2.45) is 5.10 Å². The third-order valence-electron chi connectivity index (χ3n) is 3.89. The highest BCUT2D eigenvalue weighted by molar-refractivity contribution is 5.94. The zero-order valence-corrected chi connectivity index (χ0v) is 16.8. The van der Waals surface area contributed by atoms with Gasteiger partial charge in [-0.25, -0.2) is 5.43 Å². The average Bonchev–Trinajstić information content (AvgIpc) is 2.78. The first kappa shape index (κ1) is 22.3. The van der Waals surface area contributed by atoms with Gasteiger partial charge in [-0.15, -0.1) is 6.42 Å². The number of terminal acetylenes is 1. The molecule has 0 aliphatic rings. The lowest BCUT2D eigenvalue weighted by molar-refractivity contribution is -0.120. The van der Waals surface area contributed by atoms with Gasteiger partial charge < -0.3 is 19.5 Å². The topological polar surface area (TPSA) is 98.2 Å². The van der Waals surface area contributed by atoms with E-state index in [2.05, 4.69) is 21.8 Å². The SMILES string of the molecule is C#CCOc1ccc(C=NNC(=O)CCNC(=O)c2ccc(OC)cc2)cc1OC. The van der Waals surface area contributed by atoms with Gasteiger partial charge in [-0.3, -0.25) is 9.59 Å². The Kier molecular flexibility index (Phi) is 8.74. The molecule has 2 N–H and O–H groups in total. The number of rotatable bonds is 10. The van der Waals surface area contributed by atoms with Crippen molar-refractivity contribution in [3.05, 3.63) is 53.6 Å². The van der Waals surface area contributed by atoms with Gasteiger partial charge in [-0.2, -0.15) is 5.10 Å². The number of amides is 2. The van der Waals surface area contributed by atoms with Crippen molar-refractivity contribution in [3.63, 3.8) is 0 Å². The highest BCUT2D eigenvalue weighted by atomic mass is 16.5. The van der Waals surface area contributed by atoms with E-state index in [-0.39, 0.29) is 31.4 Å². The monoisotopic (exact) mass is 409 g/mol. The van der Waals surface area contributed by atoms with Crippen molar-refractivity contribution in [1.82, 2.24) is 10.7 Å². The minimum absolute atomic E-state index is 0.0847. The molecule has 0 aromatic heterocycles. The number of benzene rings is 2. The third-order valence-corrected chi connectivity index (χ3v) is 3.89. The molecule has 0 unspecified atom stereocenters. The van der Waals surface area contributed by atoms with Gasteiger partial charge in [-0.05, 0) is 48.0 Å². The summed E-state index contributed by atoms with van der Waals surface area (Å²) >= 11 is 0. The van der Waals surface area contributed by atoms with Crippen molar-refractivity contribution in [1.29, 1.82) is 0 Å². The van der Waals surface area contributed by atoms with Crippen LogP contribution in [0.5, 0.6) is 17.2 Å². The van der Waals surface area contributed by atoms with E-state index in [0.717, 1.165) is 0 Å². The number of methoxy groups -OCH3 is 2. The molecule has 0 bridgehead atoms. The summed E-state index contributed by atoms with van der Waals surface area (Å²) in [6, 6.07) is 11.8. The second-order valence-corrected chi connectivity index (χ2v) is 5.93. The zero-order chi connectivity index (χ0) is 21.8. The summed E-state index contributed by atoms with van der Waals surface area (Å²) in [4.78, 5) is 23.9. The first-order chi connectivity index (χ1) is 14.6. The van der Waals surface area contributed by atoms with Crippen LogP contribution in [0.25, 0.3) is 0 Å². The maximum absolute atomic E-state index is 12.0. The number of carbonyl (C=O) groups excluding carboxylic acids is 2. The standard InChI is InChI=1S/C22H23N3O5/c1-4-13-30-19-10-5-16(14-20(19)29-3)15-24-25-21(26)11-12-23-22(27)17-6-8-18(28-2)9-7-17/h1,5-10,14-15H,11-13H2,2-3H3,(H,23,27)(H,25,26). The summed E-state index contributed by atoms with van der Waals surface area (Å²) in [5, 5.41) is 6.58. The molecular weight excluding hydrogens is 386 g/mol. The summed E-state index contributed by atoms with van der Waals surface area (Å²) in [6.45, 7) is 0.316. The van der Waals surface area contributed by atoms with Gasteiger partial charge in [0.25, 0.3) is 5.91 Å². The molecule has 2 aromatic rings. The average molecular weight is 409 g/mol. The second kappa shape index (κ2) is 11.8. The first-order valence-electron chi connectivity index (χ1n) is 9.06. The fraction of sp³-hybridized carbons (Fsp3) is 0.227. The Balaban J connectivity index is 1.77. The van der Waals surface area contributed by atoms with Crippen LogP contribution in [0.4, 0.5) is 0 Å². The molecule has 0 atom stereocenters. The van der Waals surface area contributed by atoms with Crippen molar-refractivity contribution < 1.29 is 23.8 Å². The van der Waals surface area contributed by atoms with E-state index in [1.807, 2.05) is 0 Å².